The highest BCUT2D eigenvalue weighted by Crippen LogP contribution is 2.34. The SMILES string of the molecule is Cc1cc(Oc2ccc(Cl)c3ccccc23)nc(Nc2ccc(C#N)cc2)n1. The molecule has 136 valence electrons. The Morgan fingerprint density at radius 2 is 1.71 bits per heavy atom. The van der Waals surface area contributed by atoms with E-state index in [4.69, 9.17) is 21.6 Å². The molecule has 0 unspecified atom stereocenters. The minimum atomic E-state index is 0.415. The van der Waals surface area contributed by atoms with Crippen molar-refractivity contribution in [3.63, 3.8) is 0 Å². The van der Waals surface area contributed by atoms with Gasteiger partial charge in [0.05, 0.1) is 11.6 Å². The predicted molar refractivity (Wildman–Crippen MR) is 110 cm³/mol. The van der Waals surface area contributed by atoms with Gasteiger partial charge in [0.25, 0.3) is 0 Å². The van der Waals surface area contributed by atoms with Gasteiger partial charge in [-0.2, -0.15) is 10.2 Å². The van der Waals surface area contributed by atoms with Crippen LogP contribution in [0.1, 0.15) is 11.3 Å². The van der Waals surface area contributed by atoms with Crippen LogP contribution in [0.2, 0.25) is 5.02 Å². The van der Waals surface area contributed by atoms with Crippen LogP contribution in [-0.4, -0.2) is 9.97 Å². The standard InChI is InChI=1S/C22H15ClN4O/c1-14-12-21(27-22(25-14)26-16-8-6-15(13-24)7-9-16)28-20-11-10-19(23)17-4-2-3-5-18(17)20/h2-12H,1H3,(H,25,26,27). The molecule has 0 bridgehead atoms. The molecule has 28 heavy (non-hydrogen) atoms. The number of aromatic nitrogens is 2. The van der Waals surface area contributed by atoms with Gasteiger partial charge in [0.2, 0.25) is 11.8 Å². The normalized spacial score (nSPS) is 10.5. The highest BCUT2D eigenvalue weighted by atomic mass is 35.5. The molecular formula is C22H15ClN4O. The summed E-state index contributed by atoms with van der Waals surface area (Å²) in [6, 6.07) is 22.4. The highest BCUT2D eigenvalue weighted by Gasteiger charge is 2.09. The smallest absolute Gasteiger partial charge is 0.230 e. The van der Waals surface area contributed by atoms with Crippen molar-refractivity contribution < 1.29 is 4.74 Å². The molecule has 1 aromatic heterocycles. The number of hydrogen-bond acceptors (Lipinski definition) is 5. The first-order valence-electron chi connectivity index (χ1n) is 8.60. The van der Waals surface area contributed by atoms with Crippen molar-refractivity contribution in [2.45, 2.75) is 6.92 Å². The van der Waals surface area contributed by atoms with Gasteiger partial charge in [-0.25, -0.2) is 4.98 Å². The predicted octanol–water partition coefficient (Wildman–Crippen LogP) is 6.00. The van der Waals surface area contributed by atoms with Crippen LogP contribution in [0, 0.1) is 18.3 Å². The largest absolute Gasteiger partial charge is 0.438 e. The lowest BCUT2D eigenvalue weighted by Crippen LogP contribution is -2.00. The molecule has 0 atom stereocenters. The van der Waals surface area contributed by atoms with E-state index in [0.717, 1.165) is 22.2 Å². The summed E-state index contributed by atoms with van der Waals surface area (Å²) in [5.41, 5.74) is 2.14. The lowest BCUT2D eigenvalue weighted by molar-refractivity contribution is 0.467. The van der Waals surface area contributed by atoms with Crippen molar-refractivity contribution in [2.75, 3.05) is 5.32 Å². The molecule has 0 amide bonds. The van der Waals surface area contributed by atoms with Gasteiger partial charge in [-0.15, -0.1) is 0 Å². The van der Waals surface area contributed by atoms with E-state index < -0.39 is 0 Å². The van der Waals surface area contributed by atoms with E-state index in [0.29, 0.717) is 28.2 Å². The highest BCUT2D eigenvalue weighted by molar-refractivity contribution is 6.35. The molecule has 1 heterocycles. The number of nitrogens with zero attached hydrogens (tertiary/aromatic N) is 3. The second-order valence-corrected chi connectivity index (χ2v) is 6.59. The molecule has 4 rings (SSSR count). The topological polar surface area (TPSA) is 70.8 Å². The molecule has 0 aliphatic rings. The van der Waals surface area contributed by atoms with Crippen molar-refractivity contribution in [3.05, 3.63) is 83.0 Å². The van der Waals surface area contributed by atoms with E-state index in [1.165, 1.54) is 0 Å². The van der Waals surface area contributed by atoms with Gasteiger partial charge in [0.1, 0.15) is 5.75 Å². The van der Waals surface area contributed by atoms with Gasteiger partial charge in [-0.3, -0.25) is 0 Å². The third-order valence-electron chi connectivity index (χ3n) is 4.15. The molecule has 0 radical (unpaired) electrons. The lowest BCUT2D eigenvalue weighted by Gasteiger charge is -2.11. The number of benzene rings is 3. The van der Waals surface area contributed by atoms with Crippen LogP contribution in [0.15, 0.2) is 66.7 Å². The average molecular weight is 387 g/mol. The molecule has 0 aliphatic heterocycles. The quantitative estimate of drug-likeness (QED) is 0.465. The molecule has 0 fully saturated rings. The van der Waals surface area contributed by atoms with E-state index in [1.807, 2.05) is 43.3 Å². The number of ether oxygens (including phenoxy) is 1. The molecule has 0 spiro atoms. The van der Waals surface area contributed by atoms with Gasteiger partial charge in [-0.1, -0.05) is 35.9 Å². The second-order valence-electron chi connectivity index (χ2n) is 6.18. The third kappa shape index (κ3) is 3.73. The number of nitriles is 1. The van der Waals surface area contributed by atoms with E-state index in [1.54, 1.807) is 30.3 Å². The fraction of sp³-hybridized carbons (Fsp3) is 0.0455. The zero-order chi connectivity index (χ0) is 19.5. The summed E-state index contributed by atoms with van der Waals surface area (Å²) < 4.78 is 6.05. The summed E-state index contributed by atoms with van der Waals surface area (Å²) >= 11 is 6.28. The molecule has 0 saturated carbocycles. The van der Waals surface area contributed by atoms with E-state index in [9.17, 15) is 0 Å². The van der Waals surface area contributed by atoms with Crippen LogP contribution in [0.4, 0.5) is 11.6 Å². The molecule has 0 aliphatic carbocycles. The Morgan fingerprint density at radius 3 is 2.46 bits per heavy atom. The molecule has 5 nitrogen and oxygen atoms in total. The van der Waals surface area contributed by atoms with Crippen molar-refractivity contribution in [1.82, 2.24) is 9.97 Å². The Balaban J connectivity index is 1.64. The van der Waals surface area contributed by atoms with Gasteiger partial charge in [0.15, 0.2) is 0 Å². The second kappa shape index (κ2) is 7.55. The minimum Gasteiger partial charge on any atom is -0.438 e. The number of rotatable bonds is 4. The summed E-state index contributed by atoms with van der Waals surface area (Å²) in [4.78, 5) is 8.85. The first-order chi connectivity index (χ1) is 13.6. The number of halogens is 1. The Bertz CT molecular complexity index is 1200. The maximum Gasteiger partial charge on any atom is 0.230 e. The Labute approximate surface area is 167 Å². The fourth-order valence-corrected chi connectivity index (χ4v) is 3.07. The molecule has 1 N–H and O–H groups in total. The Hall–Kier alpha value is -3.62. The molecular weight excluding hydrogens is 372 g/mol. The summed E-state index contributed by atoms with van der Waals surface area (Å²) in [5, 5.41) is 14.5. The van der Waals surface area contributed by atoms with Gasteiger partial charge in [0, 0.05) is 33.2 Å². The number of nitrogens with one attached hydrogen (secondary N) is 1. The van der Waals surface area contributed by atoms with Gasteiger partial charge >= 0.3 is 0 Å². The monoisotopic (exact) mass is 386 g/mol. The number of anilines is 2. The van der Waals surface area contributed by atoms with Crippen molar-refractivity contribution in [2.24, 2.45) is 0 Å². The fourth-order valence-electron chi connectivity index (χ4n) is 2.84. The average Bonchev–Trinajstić information content (AvgIpc) is 2.70. The molecule has 0 saturated heterocycles. The van der Waals surface area contributed by atoms with Crippen molar-refractivity contribution in [1.29, 1.82) is 5.26 Å². The lowest BCUT2D eigenvalue weighted by atomic mass is 10.1. The molecule has 4 aromatic rings. The Kier molecular flexibility index (Phi) is 4.79. The number of aryl methyl sites for hydroxylation is 1. The first-order valence-corrected chi connectivity index (χ1v) is 8.98. The maximum atomic E-state index is 8.90. The molecule has 3 aromatic carbocycles. The van der Waals surface area contributed by atoms with Crippen LogP contribution >= 0.6 is 11.6 Å². The van der Waals surface area contributed by atoms with Crippen LogP contribution in [0.3, 0.4) is 0 Å². The number of hydrogen-bond donors (Lipinski definition) is 1. The maximum absolute atomic E-state index is 8.90. The van der Waals surface area contributed by atoms with Crippen molar-refractivity contribution >= 4 is 34.0 Å². The number of fused-ring (bicyclic) bond motifs is 1. The summed E-state index contributed by atoms with van der Waals surface area (Å²) in [6.07, 6.45) is 0. The molecule has 6 heteroatoms. The van der Waals surface area contributed by atoms with E-state index in [-0.39, 0.29) is 0 Å². The van der Waals surface area contributed by atoms with Gasteiger partial charge < -0.3 is 10.1 Å². The van der Waals surface area contributed by atoms with E-state index >= 15 is 0 Å². The zero-order valence-corrected chi connectivity index (χ0v) is 15.7. The summed E-state index contributed by atoms with van der Waals surface area (Å²) in [6.45, 7) is 1.87. The summed E-state index contributed by atoms with van der Waals surface area (Å²) in [5.74, 6) is 1.51. The van der Waals surface area contributed by atoms with Crippen LogP contribution < -0.4 is 10.1 Å². The van der Waals surface area contributed by atoms with Crippen LogP contribution in [0.5, 0.6) is 11.6 Å². The summed E-state index contributed by atoms with van der Waals surface area (Å²) in [7, 11) is 0. The van der Waals surface area contributed by atoms with Crippen LogP contribution in [0.25, 0.3) is 10.8 Å². The zero-order valence-electron chi connectivity index (χ0n) is 15.0. The van der Waals surface area contributed by atoms with E-state index in [2.05, 4.69) is 21.4 Å². The van der Waals surface area contributed by atoms with Crippen molar-refractivity contribution in [3.8, 4) is 17.7 Å². The first kappa shape index (κ1) is 17.8. The Morgan fingerprint density at radius 1 is 0.964 bits per heavy atom. The van der Waals surface area contributed by atoms with Crippen LogP contribution in [-0.2, 0) is 0 Å². The third-order valence-corrected chi connectivity index (χ3v) is 4.48. The van der Waals surface area contributed by atoms with Gasteiger partial charge in [-0.05, 0) is 43.3 Å². The minimum absolute atomic E-state index is 0.415.